The number of morpholine rings is 1. The molecule has 1 aromatic heterocycles. The Labute approximate surface area is 131 Å². The van der Waals surface area contributed by atoms with Crippen molar-refractivity contribution >= 4 is 11.6 Å². The van der Waals surface area contributed by atoms with Crippen molar-refractivity contribution in [2.24, 2.45) is 0 Å². The maximum Gasteiger partial charge on any atom is 0.0913 e. The smallest absolute Gasteiger partial charge is 0.0913 e. The summed E-state index contributed by atoms with van der Waals surface area (Å²) in [5.74, 6) is 0. The molecule has 2 fully saturated rings. The van der Waals surface area contributed by atoms with Crippen molar-refractivity contribution < 1.29 is 4.74 Å². The first-order valence-corrected chi connectivity index (χ1v) is 8.42. The molecule has 21 heavy (non-hydrogen) atoms. The largest absolute Gasteiger partial charge is 0.373 e. The van der Waals surface area contributed by atoms with Gasteiger partial charge in [0, 0.05) is 19.1 Å². The van der Waals surface area contributed by atoms with E-state index in [1.54, 1.807) is 6.20 Å². The first-order chi connectivity index (χ1) is 10.2. The van der Waals surface area contributed by atoms with E-state index in [9.17, 15) is 0 Å². The molecule has 2 aliphatic rings. The number of fused-ring (bicyclic) bond motifs is 1. The summed E-state index contributed by atoms with van der Waals surface area (Å²) < 4.78 is 8.16. The van der Waals surface area contributed by atoms with E-state index in [0.717, 1.165) is 37.0 Å². The van der Waals surface area contributed by atoms with Crippen LogP contribution in [0, 0.1) is 0 Å². The summed E-state index contributed by atoms with van der Waals surface area (Å²) in [5, 5.41) is 8.66. The van der Waals surface area contributed by atoms with Gasteiger partial charge in [-0.2, -0.15) is 5.10 Å². The fraction of sp³-hybridized carbons (Fsp3) is 0.800. The van der Waals surface area contributed by atoms with Crippen LogP contribution in [0.2, 0.25) is 5.02 Å². The number of aryl methyl sites for hydroxylation is 1. The molecule has 0 amide bonds. The zero-order valence-electron chi connectivity index (χ0n) is 12.9. The molecule has 0 bridgehead atoms. The Bertz CT molecular complexity index is 478. The maximum absolute atomic E-state index is 6.39. The van der Waals surface area contributed by atoms with Gasteiger partial charge in [-0.15, -0.1) is 0 Å². The third kappa shape index (κ3) is 2.97. The fourth-order valence-electron chi connectivity index (χ4n) is 3.60. The van der Waals surface area contributed by atoms with Crippen LogP contribution in [-0.4, -0.2) is 53.1 Å². The van der Waals surface area contributed by atoms with E-state index >= 15 is 0 Å². The van der Waals surface area contributed by atoms with Crippen LogP contribution < -0.4 is 5.32 Å². The molecule has 3 heterocycles. The Balaban J connectivity index is 1.82. The Kier molecular flexibility index (Phi) is 4.84. The van der Waals surface area contributed by atoms with Gasteiger partial charge in [0.15, 0.2) is 0 Å². The molecule has 2 aliphatic heterocycles. The standard InChI is InChI=1S/C15H25ClN4O/c1-3-17-14(15-12(16)8-18-20(15)4-2)13-9-19-7-5-6-11(19)10-21-13/h8,11,13-14,17H,3-7,9-10H2,1-2H3. The average Bonchev–Trinajstić information content (AvgIpc) is 3.10. The van der Waals surface area contributed by atoms with Crippen LogP contribution in [0.5, 0.6) is 0 Å². The van der Waals surface area contributed by atoms with Gasteiger partial charge in [0.2, 0.25) is 0 Å². The molecule has 0 aliphatic carbocycles. The van der Waals surface area contributed by atoms with E-state index < -0.39 is 0 Å². The summed E-state index contributed by atoms with van der Waals surface area (Å²) >= 11 is 6.39. The maximum atomic E-state index is 6.39. The third-order valence-corrected chi connectivity index (χ3v) is 4.93. The summed E-state index contributed by atoms with van der Waals surface area (Å²) in [4.78, 5) is 2.57. The Morgan fingerprint density at radius 3 is 3.14 bits per heavy atom. The third-order valence-electron chi connectivity index (χ3n) is 4.64. The summed E-state index contributed by atoms with van der Waals surface area (Å²) in [6.07, 6.45) is 4.44. The summed E-state index contributed by atoms with van der Waals surface area (Å²) in [7, 11) is 0. The number of ether oxygens (including phenoxy) is 1. The van der Waals surface area contributed by atoms with E-state index in [-0.39, 0.29) is 12.1 Å². The van der Waals surface area contributed by atoms with Crippen molar-refractivity contribution in [3.8, 4) is 0 Å². The zero-order valence-corrected chi connectivity index (χ0v) is 13.6. The van der Waals surface area contributed by atoms with Crippen LogP contribution in [0.1, 0.15) is 38.4 Å². The lowest BCUT2D eigenvalue weighted by Gasteiger charge is -2.39. The lowest BCUT2D eigenvalue weighted by atomic mass is 10.0. The quantitative estimate of drug-likeness (QED) is 0.904. The monoisotopic (exact) mass is 312 g/mol. The number of nitrogens with one attached hydrogen (secondary N) is 1. The number of hydrogen-bond donors (Lipinski definition) is 1. The second-order valence-corrected chi connectivity index (χ2v) is 6.30. The molecule has 0 aromatic carbocycles. The molecule has 1 N–H and O–H groups in total. The van der Waals surface area contributed by atoms with E-state index in [0.29, 0.717) is 6.04 Å². The molecular formula is C15H25ClN4O. The number of aromatic nitrogens is 2. The van der Waals surface area contributed by atoms with Gasteiger partial charge in [0.05, 0.1) is 35.7 Å². The van der Waals surface area contributed by atoms with Crippen LogP contribution in [0.3, 0.4) is 0 Å². The molecule has 3 atom stereocenters. The topological polar surface area (TPSA) is 42.3 Å². The molecule has 5 nitrogen and oxygen atoms in total. The lowest BCUT2D eigenvalue weighted by Crippen LogP contribution is -2.51. The molecule has 118 valence electrons. The van der Waals surface area contributed by atoms with Gasteiger partial charge in [0.1, 0.15) is 0 Å². The van der Waals surface area contributed by atoms with Crippen LogP contribution >= 0.6 is 11.6 Å². The average molecular weight is 313 g/mol. The van der Waals surface area contributed by atoms with Gasteiger partial charge in [-0.25, -0.2) is 0 Å². The highest BCUT2D eigenvalue weighted by atomic mass is 35.5. The summed E-state index contributed by atoms with van der Waals surface area (Å²) in [6, 6.07) is 0.724. The number of nitrogens with zero attached hydrogens (tertiary/aromatic N) is 3. The van der Waals surface area contributed by atoms with Crippen molar-refractivity contribution in [3.63, 3.8) is 0 Å². The molecule has 3 rings (SSSR count). The minimum absolute atomic E-state index is 0.103. The molecule has 3 unspecified atom stereocenters. The molecule has 0 spiro atoms. The van der Waals surface area contributed by atoms with Crippen LogP contribution in [0.15, 0.2) is 6.20 Å². The number of likely N-dealkylation sites (N-methyl/N-ethyl adjacent to an activating group) is 1. The van der Waals surface area contributed by atoms with Crippen molar-refractivity contribution in [1.82, 2.24) is 20.0 Å². The summed E-state index contributed by atoms with van der Waals surface area (Å²) in [5.41, 5.74) is 1.06. The van der Waals surface area contributed by atoms with Gasteiger partial charge in [-0.3, -0.25) is 9.58 Å². The highest BCUT2D eigenvalue weighted by molar-refractivity contribution is 6.31. The number of halogens is 1. The molecule has 0 radical (unpaired) electrons. The molecule has 0 saturated carbocycles. The van der Waals surface area contributed by atoms with E-state index in [1.165, 1.54) is 19.4 Å². The van der Waals surface area contributed by atoms with Crippen LogP contribution in [-0.2, 0) is 11.3 Å². The van der Waals surface area contributed by atoms with Crippen molar-refractivity contribution in [1.29, 1.82) is 0 Å². The van der Waals surface area contributed by atoms with Crippen LogP contribution in [0.25, 0.3) is 0 Å². The van der Waals surface area contributed by atoms with Crippen molar-refractivity contribution in [2.75, 3.05) is 26.2 Å². The van der Waals surface area contributed by atoms with E-state index in [2.05, 4.69) is 29.2 Å². The SMILES string of the molecule is CCNC(c1c(Cl)cnn1CC)C1CN2CCCC2CO1. The first-order valence-electron chi connectivity index (χ1n) is 8.04. The minimum Gasteiger partial charge on any atom is -0.373 e. The molecule has 2 saturated heterocycles. The van der Waals surface area contributed by atoms with Gasteiger partial charge >= 0.3 is 0 Å². The highest BCUT2D eigenvalue weighted by Crippen LogP contribution is 2.31. The van der Waals surface area contributed by atoms with Crippen molar-refractivity contribution in [3.05, 3.63) is 16.9 Å². The van der Waals surface area contributed by atoms with Gasteiger partial charge in [-0.05, 0) is 32.9 Å². The normalized spacial score (nSPS) is 27.8. The Morgan fingerprint density at radius 1 is 1.52 bits per heavy atom. The Morgan fingerprint density at radius 2 is 2.38 bits per heavy atom. The number of rotatable bonds is 5. The number of hydrogen-bond acceptors (Lipinski definition) is 4. The van der Waals surface area contributed by atoms with Gasteiger partial charge in [-0.1, -0.05) is 18.5 Å². The minimum atomic E-state index is 0.103. The second kappa shape index (κ2) is 6.65. The van der Waals surface area contributed by atoms with Gasteiger partial charge < -0.3 is 10.1 Å². The molecular weight excluding hydrogens is 288 g/mol. The van der Waals surface area contributed by atoms with E-state index in [1.807, 2.05) is 4.68 Å². The predicted molar refractivity (Wildman–Crippen MR) is 83.7 cm³/mol. The van der Waals surface area contributed by atoms with Crippen molar-refractivity contribution in [2.45, 2.75) is 51.4 Å². The molecule has 1 aromatic rings. The highest BCUT2D eigenvalue weighted by Gasteiger charge is 2.37. The lowest BCUT2D eigenvalue weighted by molar-refractivity contribution is -0.0662. The second-order valence-electron chi connectivity index (χ2n) is 5.89. The first kappa shape index (κ1) is 15.3. The summed E-state index contributed by atoms with van der Waals surface area (Å²) in [6.45, 7) is 8.94. The molecule has 6 heteroatoms. The van der Waals surface area contributed by atoms with E-state index in [4.69, 9.17) is 16.3 Å². The van der Waals surface area contributed by atoms with Gasteiger partial charge in [0.25, 0.3) is 0 Å². The fourth-order valence-corrected chi connectivity index (χ4v) is 3.86. The van der Waals surface area contributed by atoms with Crippen LogP contribution in [0.4, 0.5) is 0 Å². The predicted octanol–water partition coefficient (Wildman–Crippen LogP) is 2.07. The Hall–Kier alpha value is -0.620. The zero-order chi connectivity index (χ0) is 14.8.